The molecule has 3 N–H and O–H groups in total. The summed E-state index contributed by atoms with van der Waals surface area (Å²) < 4.78 is 16.0. The van der Waals surface area contributed by atoms with Crippen LogP contribution in [0.1, 0.15) is 28.4 Å². The topological polar surface area (TPSA) is 105 Å². The normalized spacial score (nSPS) is 16.2. The van der Waals surface area contributed by atoms with Crippen LogP contribution in [0, 0.1) is 0 Å². The van der Waals surface area contributed by atoms with Crippen molar-refractivity contribution < 1.29 is 34.3 Å². The van der Waals surface area contributed by atoms with Gasteiger partial charge in [0.15, 0.2) is 17.3 Å². The van der Waals surface area contributed by atoms with Crippen molar-refractivity contribution in [2.75, 3.05) is 14.2 Å². The molecule has 0 bridgehead atoms. The second-order valence-electron chi connectivity index (χ2n) is 5.35. The number of aromatic hydroxyl groups is 3. The van der Waals surface area contributed by atoms with Gasteiger partial charge in [0.25, 0.3) is 0 Å². The maximum Gasteiger partial charge on any atom is 0.200 e. The molecule has 0 saturated carbocycles. The van der Waals surface area contributed by atoms with Gasteiger partial charge in [-0.15, -0.1) is 0 Å². The third kappa shape index (κ3) is 2.54. The van der Waals surface area contributed by atoms with Crippen molar-refractivity contribution in [1.82, 2.24) is 0 Å². The van der Waals surface area contributed by atoms with Crippen LogP contribution in [-0.4, -0.2) is 35.3 Å². The number of hydrogen-bond acceptors (Lipinski definition) is 7. The van der Waals surface area contributed by atoms with Crippen LogP contribution in [-0.2, 0) is 0 Å². The summed E-state index contributed by atoms with van der Waals surface area (Å²) in [5, 5.41) is 29.4. The molecule has 2 aromatic rings. The van der Waals surface area contributed by atoms with Gasteiger partial charge in [-0.2, -0.15) is 0 Å². The van der Waals surface area contributed by atoms with Crippen LogP contribution in [0.25, 0.3) is 0 Å². The second-order valence-corrected chi connectivity index (χ2v) is 5.35. The lowest BCUT2D eigenvalue weighted by Crippen LogP contribution is -2.20. The lowest BCUT2D eigenvalue weighted by Gasteiger charge is -2.26. The number of hydrogen-bond donors (Lipinski definition) is 3. The largest absolute Gasteiger partial charge is 0.508 e. The molecule has 0 saturated heterocycles. The maximum atomic E-state index is 12.3. The van der Waals surface area contributed by atoms with Crippen LogP contribution < -0.4 is 14.2 Å². The highest BCUT2D eigenvalue weighted by Gasteiger charge is 2.31. The van der Waals surface area contributed by atoms with E-state index in [-0.39, 0.29) is 52.3 Å². The lowest BCUT2D eigenvalue weighted by molar-refractivity contribution is 0.0844. The quantitative estimate of drug-likeness (QED) is 0.793. The van der Waals surface area contributed by atoms with E-state index in [4.69, 9.17) is 14.2 Å². The number of phenols is 3. The van der Waals surface area contributed by atoms with Crippen molar-refractivity contribution in [2.45, 2.75) is 12.5 Å². The third-order valence-electron chi connectivity index (χ3n) is 3.86. The van der Waals surface area contributed by atoms with Gasteiger partial charge in [0.05, 0.1) is 20.6 Å². The SMILES string of the molecule is COc1cc(C2CC(=O)c3c(O)cc(O)cc3O2)cc(OC)c1O. The summed E-state index contributed by atoms with van der Waals surface area (Å²) in [6.45, 7) is 0. The summed E-state index contributed by atoms with van der Waals surface area (Å²) in [6.07, 6.45) is -0.683. The average molecular weight is 332 g/mol. The van der Waals surface area contributed by atoms with E-state index in [1.54, 1.807) is 12.1 Å². The predicted octanol–water partition coefficient (Wildman–Crippen LogP) is 2.53. The fraction of sp³-hybridized carbons (Fsp3) is 0.235. The molecule has 1 aliphatic rings. The van der Waals surface area contributed by atoms with Crippen molar-refractivity contribution in [1.29, 1.82) is 0 Å². The van der Waals surface area contributed by atoms with Gasteiger partial charge in [-0.25, -0.2) is 0 Å². The van der Waals surface area contributed by atoms with Crippen LogP contribution in [0.2, 0.25) is 0 Å². The Labute approximate surface area is 137 Å². The minimum absolute atomic E-state index is 0.0115. The van der Waals surface area contributed by atoms with Gasteiger partial charge in [-0.05, 0) is 12.1 Å². The predicted molar refractivity (Wildman–Crippen MR) is 83.3 cm³/mol. The minimum atomic E-state index is -0.672. The highest BCUT2D eigenvalue weighted by atomic mass is 16.5. The average Bonchev–Trinajstić information content (AvgIpc) is 2.53. The summed E-state index contributed by atoms with van der Waals surface area (Å²) in [4.78, 5) is 12.3. The number of rotatable bonds is 3. The zero-order chi connectivity index (χ0) is 17.4. The molecule has 1 unspecified atom stereocenters. The molecule has 0 spiro atoms. The Morgan fingerprint density at radius 3 is 2.25 bits per heavy atom. The van der Waals surface area contributed by atoms with Gasteiger partial charge in [-0.3, -0.25) is 4.79 Å². The fourth-order valence-corrected chi connectivity index (χ4v) is 2.71. The molecule has 1 atom stereocenters. The summed E-state index contributed by atoms with van der Waals surface area (Å²) in [5.74, 6) is -0.532. The van der Waals surface area contributed by atoms with E-state index >= 15 is 0 Å². The van der Waals surface area contributed by atoms with Crippen molar-refractivity contribution in [3.8, 4) is 34.5 Å². The number of ketones is 1. The molecule has 0 fully saturated rings. The molecule has 24 heavy (non-hydrogen) atoms. The first-order valence-electron chi connectivity index (χ1n) is 7.15. The molecule has 0 aliphatic carbocycles. The molecule has 3 rings (SSSR count). The number of ether oxygens (including phenoxy) is 3. The van der Waals surface area contributed by atoms with Crippen molar-refractivity contribution in [3.05, 3.63) is 35.4 Å². The van der Waals surface area contributed by atoms with Crippen LogP contribution in [0.4, 0.5) is 0 Å². The van der Waals surface area contributed by atoms with E-state index < -0.39 is 6.10 Å². The molecular weight excluding hydrogens is 316 g/mol. The van der Waals surface area contributed by atoms with E-state index in [1.165, 1.54) is 20.3 Å². The molecule has 126 valence electrons. The molecule has 7 nitrogen and oxygen atoms in total. The van der Waals surface area contributed by atoms with Gasteiger partial charge in [0.2, 0.25) is 5.75 Å². The third-order valence-corrected chi connectivity index (χ3v) is 3.86. The van der Waals surface area contributed by atoms with Crippen molar-refractivity contribution in [3.63, 3.8) is 0 Å². The molecule has 1 aliphatic heterocycles. The Bertz CT molecular complexity index is 788. The first-order chi connectivity index (χ1) is 11.4. The van der Waals surface area contributed by atoms with E-state index in [1.807, 2.05) is 0 Å². The number of carbonyl (C=O) groups is 1. The zero-order valence-electron chi connectivity index (χ0n) is 13.1. The van der Waals surface area contributed by atoms with E-state index in [2.05, 4.69) is 0 Å². The number of benzene rings is 2. The van der Waals surface area contributed by atoms with E-state index in [0.29, 0.717) is 5.56 Å². The van der Waals surface area contributed by atoms with Crippen molar-refractivity contribution in [2.24, 2.45) is 0 Å². The Hall–Kier alpha value is -3.09. The maximum absolute atomic E-state index is 12.3. The zero-order valence-corrected chi connectivity index (χ0v) is 13.1. The monoisotopic (exact) mass is 332 g/mol. The fourth-order valence-electron chi connectivity index (χ4n) is 2.71. The number of fused-ring (bicyclic) bond motifs is 1. The smallest absolute Gasteiger partial charge is 0.200 e. The molecule has 1 heterocycles. The van der Waals surface area contributed by atoms with E-state index in [0.717, 1.165) is 6.07 Å². The van der Waals surface area contributed by atoms with Gasteiger partial charge in [-0.1, -0.05) is 0 Å². The lowest BCUT2D eigenvalue weighted by atomic mass is 9.95. The number of Topliss-reactive ketones (excluding diaryl/α,β-unsaturated/α-hetero) is 1. The number of phenolic OH excluding ortho intramolecular Hbond substituents is 3. The van der Waals surface area contributed by atoms with Crippen LogP contribution >= 0.6 is 0 Å². The molecule has 2 aromatic carbocycles. The molecular formula is C17H16O7. The number of carbonyl (C=O) groups excluding carboxylic acids is 1. The first kappa shape index (κ1) is 15.8. The highest BCUT2D eigenvalue weighted by Crippen LogP contribution is 2.44. The minimum Gasteiger partial charge on any atom is -0.508 e. The second kappa shape index (κ2) is 5.84. The molecule has 0 amide bonds. The Morgan fingerprint density at radius 1 is 1.04 bits per heavy atom. The first-order valence-corrected chi connectivity index (χ1v) is 7.15. The van der Waals surface area contributed by atoms with E-state index in [9.17, 15) is 20.1 Å². The van der Waals surface area contributed by atoms with Gasteiger partial charge < -0.3 is 29.5 Å². The standard InChI is InChI=1S/C17H16O7/c1-22-14-3-8(4-15(23-2)17(14)21)12-7-11(20)16-10(19)5-9(18)6-13(16)24-12/h3-6,12,18-19,21H,7H2,1-2H3. The molecule has 0 aromatic heterocycles. The summed E-state index contributed by atoms with van der Waals surface area (Å²) >= 11 is 0. The summed E-state index contributed by atoms with van der Waals surface area (Å²) in [5.41, 5.74) is 0.602. The molecule has 0 radical (unpaired) electrons. The molecule has 7 heteroatoms. The summed E-state index contributed by atoms with van der Waals surface area (Å²) in [7, 11) is 2.80. The summed E-state index contributed by atoms with van der Waals surface area (Å²) in [6, 6.07) is 5.45. The van der Waals surface area contributed by atoms with Gasteiger partial charge >= 0.3 is 0 Å². The van der Waals surface area contributed by atoms with Crippen LogP contribution in [0.5, 0.6) is 34.5 Å². The van der Waals surface area contributed by atoms with Gasteiger partial charge in [0, 0.05) is 17.7 Å². The Balaban J connectivity index is 2.04. The van der Waals surface area contributed by atoms with Crippen molar-refractivity contribution >= 4 is 5.78 Å². The van der Waals surface area contributed by atoms with Gasteiger partial charge in [0.1, 0.15) is 28.9 Å². The Morgan fingerprint density at radius 2 is 1.67 bits per heavy atom. The van der Waals surface area contributed by atoms with Crippen LogP contribution in [0.15, 0.2) is 24.3 Å². The Kier molecular flexibility index (Phi) is 3.84. The number of methoxy groups -OCH3 is 2. The highest BCUT2D eigenvalue weighted by molar-refractivity contribution is 6.02. The van der Waals surface area contributed by atoms with Crippen LogP contribution in [0.3, 0.4) is 0 Å².